The van der Waals surface area contributed by atoms with Gasteiger partial charge in [0.25, 0.3) is 5.92 Å². The fourth-order valence-corrected chi connectivity index (χ4v) is 2.53. The monoisotopic (exact) mass is 317 g/mol. The predicted molar refractivity (Wildman–Crippen MR) is 68.6 cm³/mol. The molecule has 18 heavy (non-hydrogen) atoms. The Morgan fingerprint density at radius 3 is 2.72 bits per heavy atom. The Morgan fingerprint density at radius 1 is 1.39 bits per heavy atom. The van der Waals surface area contributed by atoms with Crippen LogP contribution in [-0.4, -0.2) is 29.8 Å². The van der Waals surface area contributed by atoms with E-state index in [-0.39, 0.29) is 25.3 Å². The molecule has 0 unspecified atom stereocenters. The summed E-state index contributed by atoms with van der Waals surface area (Å²) in [6.07, 6.45) is 0.634. The van der Waals surface area contributed by atoms with Crippen LogP contribution in [0.1, 0.15) is 18.4 Å². The third kappa shape index (κ3) is 3.28. The Kier molecular flexibility index (Phi) is 4.00. The standard InChI is InChI=1S/C13H14BrF2NO/c14-11-4-2-1-3-10(11)5-6-12(18)17-8-7-13(15,16)9-17/h1-4H,5-9H2. The summed E-state index contributed by atoms with van der Waals surface area (Å²) in [4.78, 5) is 13.1. The number of nitrogens with zero attached hydrogens (tertiary/aromatic N) is 1. The number of likely N-dealkylation sites (tertiary alicyclic amines) is 1. The van der Waals surface area contributed by atoms with Crippen molar-refractivity contribution >= 4 is 21.8 Å². The molecule has 0 spiro atoms. The van der Waals surface area contributed by atoms with Crippen molar-refractivity contribution in [2.45, 2.75) is 25.2 Å². The summed E-state index contributed by atoms with van der Waals surface area (Å²) in [5.41, 5.74) is 1.02. The van der Waals surface area contributed by atoms with E-state index >= 15 is 0 Å². The summed E-state index contributed by atoms with van der Waals surface area (Å²) < 4.78 is 26.9. The van der Waals surface area contributed by atoms with Crippen LogP contribution >= 0.6 is 15.9 Å². The van der Waals surface area contributed by atoms with Gasteiger partial charge in [-0.3, -0.25) is 4.79 Å². The van der Waals surface area contributed by atoms with E-state index in [1.807, 2.05) is 24.3 Å². The third-order valence-electron chi connectivity index (χ3n) is 3.09. The average molecular weight is 318 g/mol. The van der Waals surface area contributed by atoms with Crippen molar-refractivity contribution in [2.75, 3.05) is 13.1 Å². The van der Waals surface area contributed by atoms with E-state index in [9.17, 15) is 13.6 Å². The third-order valence-corrected chi connectivity index (χ3v) is 3.86. The van der Waals surface area contributed by atoms with Gasteiger partial charge in [0, 0.05) is 23.9 Å². The molecule has 0 atom stereocenters. The molecule has 1 saturated heterocycles. The van der Waals surface area contributed by atoms with Crippen molar-refractivity contribution in [3.05, 3.63) is 34.3 Å². The molecule has 0 bridgehead atoms. The first-order valence-corrected chi connectivity index (χ1v) is 6.66. The number of carbonyl (C=O) groups is 1. The minimum absolute atomic E-state index is 0.168. The minimum atomic E-state index is -2.71. The second kappa shape index (κ2) is 5.34. The topological polar surface area (TPSA) is 20.3 Å². The molecule has 1 aliphatic rings. The van der Waals surface area contributed by atoms with Crippen molar-refractivity contribution in [1.82, 2.24) is 4.90 Å². The molecule has 0 N–H and O–H groups in total. The number of alkyl halides is 2. The second-order valence-corrected chi connectivity index (χ2v) is 5.37. The normalized spacial score (nSPS) is 18.1. The van der Waals surface area contributed by atoms with Gasteiger partial charge < -0.3 is 4.90 Å². The average Bonchev–Trinajstić information content (AvgIpc) is 2.68. The smallest absolute Gasteiger partial charge is 0.267 e. The van der Waals surface area contributed by atoms with Crippen LogP contribution in [0.4, 0.5) is 8.78 Å². The Morgan fingerprint density at radius 2 is 2.11 bits per heavy atom. The molecule has 0 aromatic heterocycles. The Labute approximate surface area is 113 Å². The first-order chi connectivity index (χ1) is 8.48. The van der Waals surface area contributed by atoms with Crippen LogP contribution < -0.4 is 0 Å². The number of carbonyl (C=O) groups excluding carboxylic acids is 1. The van der Waals surface area contributed by atoms with Crippen LogP contribution in [0, 0.1) is 0 Å². The number of hydrogen-bond donors (Lipinski definition) is 0. The molecule has 0 saturated carbocycles. The van der Waals surface area contributed by atoms with Gasteiger partial charge in [-0.15, -0.1) is 0 Å². The highest BCUT2D eigenvalue weighted by Gasteiger charge is 2.39. The van der Waals surface area contributed by atoms with Gasteiger partial charge in [0.2, 0.25) is 5.91 Å². The highest BCUT2D eigenvalue weighted by molar-refractivity contribution is 9.10. The van der Waals surface area contributed by atoms with Gasteiger partial charge in [0.1, 0.15) is 0 Å². The molecule has 0 aliphatic carbocycles. The van der Waals surface area contributed by atoms with Crippen molar-refractivity contribution < 1.29 is 13.6 Å². The van der Waals surface area contributed by atoms with Crippen LogP contribution in [0.15, 0.2) is 28.7 Å². The van der Waals surface area contributed by atoms with Crippen LogP contribution in [0.25, 0.3) is 0 Å². The van der Waals surface area contributed by atoms with E-state index in [0.717, 1.165) is 10.0 Å². The zero-order valence-electron chi connectivity index (χ0n) is 9.83. The molecule has 1 aliphatic heterocycles. The number of halogens is 3. The van der Waals surface area contributed by atoms with E-state index < -0.39 is 12.5 Å². The van der Waals surface area contributed by atoms with Gasteiger partial charge in [-0.25, -0.2) is 8.78 Å². The Hall–Kier alpha value is -0.970. The van der Waals surface area contributed by atoms with E-state index in [1.165, 1.54) is 4.90 Å². The highest BCUT2D eigenvalue weighted by Crippen LogP contribution is 2.27. The molecule has 98 valence electrons. The molecule has 5 heteroatoms. The van der Waals surface area contributed by atoms with Gasteiger partial charge in [-0.1, -0.05) is 34.1 Å². The molecule has 2 rings (SSSR count). The van der Waals surface area contributed by atoms with Crippen LogP contribution in [-0.2, 0) is 11.2 Å². The lowest BCUT2D eigenvalue weighted by atomic mass is 10.1. The lowest BCUT2D eigenvalue weighted by Gasteiger charge is -2.16. The van der Waals surface area contributed by atoms with E-state index in [4.69, 9.17) is 0 Å². The summed E-state index contributed by atoms with van der Waals surface area (Å²) >= 11 is 3.40. The van der Waals surface area contributed by atoms with Gasteiger partial charge >= 0.3 is 0 Å². The lowest BCUT2D eigenvalue weighted by Crippen LogP contribution is -2.31. The summed E-state index contributed by atoms with van der Waals surface area (Å²) in [6, 6.07) is 7.63. The first kappa shape index (κ1) is 13.5. The van der Waals surface area contributed by atoms with Crippen LogP contribution in [0.2, 0.25) is 0 Å². The van der Waals surface area contributed by atoms with E-state index in [2.05, 4.69) is 15.9 Å². The zero-order chi connectivity index (χ0) is 13.2. The highest BCUT2D eigenvalue weighted by atomic mass is 79.9. The fraction of sp³-hybridized carbons (Fsp3) is 0.462. The number of rotatable bonds is 3. The van der Waals surface area contributed by atoms with Crippen molar-refractivity contribution in [3.63, 3.8) is 0 Å². The maximum atomic E-state index is 13.0. The number of hydrogen-bond acceptors (Lipinski definition) is 1. The van der Waals surface area contributed by atoms with Crippen molar-refractivity contribution in [2.24, 2.45) is 0 Å². The number of amides is 1. The maximum absolute atomic E-state index is 13.0. The number of benzene rings is 1. The van der Waals surface area contributed by atoms with Crippen molar-refractivity contribution in [1.29, 1.82) is 0 Å². The van der Waals surface area contributed by atoms with E-state index in [0.29, 0.717) is 6.42 Å². The Bertz CT molecular complexity index is 450. The molecule has 1 heterocycles. The van der Waals surface area contributed by atoms with Gasteiger partial charge in [0.05, 0.1) is 6.54 Å². The second-order valence-electron chi connectivity index (χ2n) is 4.51. The zero-order valence-corrected chi connectivity index (χ0v) is 11.4. The molecule has 1 aromatic carbocycles. The first-order valence-electron chi connectivity index (χ1n) is 5.87. The molecule has 1 amide bonds. The minimum Gasteiger partial charge on any atom is -0.336 e. The molecular formula is C13H14BrF2NO. The Balaban J connectivity index is 1.88. The van der Waals surface area contributed by atoms with Gasteiger partial charge in [-0.05, 0) is 18.1 Å². The van der Waals surface area contributed by atoms with E-state index in [1.54, 1.807) is 0 Å². The van der Waals surface area contributed by atoms with Gasteiger partial charge in [-0.2, -0.15) is 0 Å². The fourth-order valence-electron chi connectivity index (χ4n) is 2.05. The summed E-state index contributed by atoms with van der Waals surface area (Å²) in [5, 5.41) is 0. The molecular weight excluding hydrogens is 304 g/mol. The largest absolute Gasteiger partial charge is 0.336 e. The quantitative estimate of drug-likeness (QED) is 0.838. The van der Waals surface area contributed by atoms with Crippen molar-refractivity contribution in [3.8, 4) is 0 Å². The maximum Gasteiger partial charge on any atom is 0.267 e. The summed E-state index contributed by atoms with van der Waals surface area (Å²) in [6.45, 7) is -0.260. The van der Waals surface area contributed by atoms with Gasteiger partial charge in [0.15, 0.2) is 0 Å². The predicted octanol–water partition coefficient (Wildman–Crippen LogP) is 3.25. The van der Waals surface area contributed by atoms with Crippen LogP contribution in [0.3, 0.4) is 0 Å². The number of aryl methyl sites for hydroxylation is 1. The molecule has 0 radical (unpaired) electrons. The molecule has 1 fully saturated rings. The lowest BCUT2D eigenvalue weighted by molar-refractivity contribution is -0.131. The molecule has 1 aromatic rings. The summed E-state index contributed by atoms with van der Waals surface area (Å²) in [5.74, 6) is -2.90. The molecule has 2 nitrogen and oxygen atoms in total. The summed E-state index contributed by atoms with van der Waals surface area (Å²) in [7, 11) is 0. The SMILES string of the molecule is O=C(CCc1ccccc1Br)N1CCC(F)(F)C1. The van der Waals surface area contributed by atoms with Crippen LogP contribution in [0.5, 0.6) is 0 Å².